The van der Waals surface area contributed by atoms with Crippen LogP contribution in [-0.2, 0) is 11.3 Å². The molecule has 0 saturated carbocycles. The van der Waals surface area contributed by atoms with E-state index in [-0.39, 0.29) is 11.6 Å². The number of hydrogen-bond donors (Lipinski definition) is 1. The first-order valence-electron chi connectivity index (χ1n) is 10.9. The fraction of sp³-hybridized carbons (Fsp3) is 0.375. The first-order chi connectivity index (χ1) is 15.6. The van der Waals surface area contributed by atoms with Crippen molar-refractivity contribution >= 4 is 16.9 Å². The molecule has 32 heavy (non-hydrogen) atoms. The number of carbonyl (C=O) groups excluding carboxylic acids is 1. The third kappa shape index (κ3) is 3.93. The van der Waals surface area contributed by atoms with E-state index in [4.69, 9.17) is 14.2 Å². The van der Waals surface area contributed by atoms with Crippen LogP contribution in [0.5, 0.6) is 11.5 Å². The highest BCUT2D eigenvalue weighted by Gasteiger charge is 2.28. The average molecular weight is 435 g/mol. The lowest BCUT2D eigenvalue weighted by Crippen LogP contribution is -2.25. The molecule has 1 aromatic heterocycles. The summed E-state index contributed by atoms with van der Waals surface area (Å²) in [5.41, 5.74) is 1.81. The molecule has 1 unspecified atom stereocenters. The Morgan fingerprint density at radius 1 is 1.16 bits per heavy atom. The van der Waals surface area contributed by atoms with Crippen LogP contribution in [0.3, 0.4) is 0 Å². The minimum atomic E-state index is -0.454. The van der Waals surface area contributed by atoms with E-state index < -0.39 is 5.97 Å². The molecule has 3 heterocycles. The van der Waals surface area contributed by atoms with E-state index >= 15 is 0 Å². The predicted octanol–water partition coefficient (Wildman–Crippen LogP) is 3.21. The van der Waals surface area contributed by atoms with Crippen molar-refractivity contribution in [3.8, 4) is 11.5 Å². The Labute approximate surface area is 185 Å². The molecule has 8 heteroatoms. The van der Waals surface area contributed by atoms with Crippen molar-refractivity contribution in [2.24, 2.45) is 0 Å². The number of H-pyrrole nitrogens is 1. The lowest BCUT2D eigenvalue weighted by atomic mass is 10.0. The van der Waals surface area contributed by atoms with Crippen LogP contribution in [-0.4, -0.2) is 47.7 Å². The Kier molecular flexibility index (Phi) is 5.53. The van der Waals surface area contributed by atoms with Gasteiger partial charge in [-0.15, -0.1) is 0 Å². The van der Waals surface area contributed by atoms with Crippen LogP contribution in [0.1, 0.15) is 47.1 Å². The highest BCUT2D eigenvalue weighted by Crippen LogP contribution is 2.38. The van der Waals surface area contributed by atoms with Crippen LogP contribution < -0.4 is 15.0 Å². The molecule has 2 aromatic carbocycles. The Balaban J connectivity index is 1.42. The van der Waals surface area contributed by atoms with Gasteiger partial charge in [0.2, 0.25) is 0 Å². The van der Waals surface area contributed by atoms with E-state index in [2.05, 4.69) is 27.0 Å². The van der Waals surface area contributed by atoms with Gasteiger partial charge in [-0.2, -0.15) is 0 Å². The molecule has 1 atom stereocenters. The molecule has 1 fully saturated rings. The van der Waals surface area contributed by atoms with Gasteiger partial charge in [-0.3, -0.25) is 9.69 Å². The molecule has 0 radical (unpaired) electrons. The number of ether oxygens (including phenoxy) is 3. The molecule has 1 saturated heterocycles. The van der Waals surface area contributed by atoms with Crippen molar-refractivity contribution < 1.29 is 19.0 Å². The smallest absolute Gasteiger partial charge is 0.337 e. The zero-order valence-electron chi connectivity index (χ0n) is 17.9. The quantitative estimate of drug-likeness (QED) is 0.629. The summed E-state index contributed by atoms with van der Waals surface area (Å²) in [5, 5.41) is 0.447. The van der Waals surface area contributed by atoms with Gasteiger partial charge in [0.25, 0.3) is 5.56 Å². The second-order valence-electron chi connectivity index (χ2n) is 8.12. The number of nitrogens with one attached hydrogen (secondary N) is 1. The van der Waals surface area contributed by atoms with E-state index in [1.165, 1.54) is 12.7 Å². The second kappa shape index (κ2) is 8.63. The number of fused-ring (bicyclic) bond motifs is 2. The van der Waals surface area contributed by atoms with Crippen molar-refractivity contribution in [3.63, 3.8) is 0 Å². The van der Waals surface area contributed by atoms with E-state index in [1.54, 1.807) is 18.2 Å². The fourth-order valence-electron chi connectivity index (χ4n) is 4.48. The molecule has 166 valence electrons. The molecule has 0 spiro atoms. The molecule has 1 N–H and O–H groups in total. The Bertz CT molecular complexity index is 1220. The van der Waals surface area contributed by atoms with E-state index in [0.717, 1.165) is 37.3 Å². The summed E-state index contributed by atoms with van der Waals surface area (Å²) in [4.78, 5) is 34.3. The number of hydrogen-bond acceptors (Lipinski definition) is 7. The molecular weight excluding hydrogens is 410 g/mol. The molecule has 0 amide bonds. The summed E-state index contributed by atoms with van der Waals surface area (Å²) >= 11 is 0. The standard InChI is InChI=1S/C24H25N3O5/c1-30-24(29)16-5-7-17-18(12-16)25-22(26-23(17)28)14-27-9-2-4-19(27)15-6-8-20-21(13-15)32-11-3-10-31-20/h5-8,12-13,19H,2-4,9-11,14H2,1H3,(H,25,26,28). The molecule has 3 aromatic rings. The third-order valence-corrected chi connectivity index (χ3v) is 6.05. The highest BCUT2D eigenvalue weighted by atomic mass is 16.5. The molecule has 2 aliphatic rings. The van der Waals surface area contributed by atoms with Gasteiger partial charge >= 0.3 is 5.97 Å². The number of benzene rings is 2. The number of carbonyl (C=O) groups is 1. The van der Waals surface area contributed by atoms with Gasteiger partial charge < -0.3 is 19.2 Å². The normalized spacial score (nSPS) is 18.5. The van der Waals surface area contributed by atoms with Crippen molar-refractivity contribution in [2.75, 3.05) is 26.9 Å². The largest absolute Gasteiger partial charge is 0.490 e. The minimum absolute atomic E-state index is 0.203. The summed E-state index contributed by atoms with van der Waals surface area (Å²) in [6.45, 7) is 2.73. The number of esters is 1. The van der Waals surface area contributed by atoms with Gasteiger partial charge in [0.15, 0.2) is 11.5 Å². The number of nitrogens with zero attached hydrogens (tertiary/aromatic N) is 2. The highest BCUT2D eigenvalue weighted by molar-refractivity contribution is 5.93. The lowest BCUT2D eigenvalue weighted by molar-refractivity contribution is 0.0601. The zero-order chi connectivity index (χ0) is 22.1. The van der Waals surface area contributed by atoms with Gasteiger partial charge in [0.1, 0.15) is 5.82 Å². The molecule has 5 rings (SSSR count). The predicted molar refractivity (Wildman–Crippen MR) is 118 cm³/mol. The Morgan fingerprint density at radius 2 is 2.00 bits per heavy atom. The van der Waals surface area contributed by atoms with Crippen LogP contribution in [0, 0.1) is 0 Å². The lowest BCUT2D eigenvalue weighted by Gasteiger charge is -2.25. The van der Waals surface area contributed by atoms with Crippen LogP contribution in [0.4, 0.5) is 0 Å². The maximum Gasteiger partial charge on any atom is 0.337 e. The zero-order valence-corrected chi connectivity index (χ0v) is 17.9. The summed E-state index contributed by atoms with van der Waals surface area (Å²) in [6, 6.07) is 11.1. The first kappa shape index (κ1) is 20.5. The Morgan fingerprint density at radius 3 is 2.84 bits per heavy atom. The van der Waals surface area contributed by atoms with Gasteiger partial charge in [0, 0.05) is 12.5 Å². The minimum Gasteiger partial charge on any atom is -0.490 e. The molecule has 0 bridgehead atoms. The average Bonchev–Trinajstić information content (AvgIpc) is 3.13. The molecule has 2 aliphatic heterocycles. The van der Waals surface area contributed by atoms with Gasteiger partial charge in [-0.25, -0.2) is 9.78 Å². The fourth-order valence-corrected chi connectivity index (χ4v) is 4.48. The maximum absolute atomic E-state index is 12.6. The third-order valence-electron chi connectivity index (χ3n) is 6.05. The monoisotopic (exact) mass is 435 g/mol. The first-order valence-corrected chi connectivity index (χ1v) is 10.9. The summed E-state index contributed by atoms with van der Waals surface area (Å²) in [7, 11) is 1.33. The maximum atomic E-state index is 12.6. The van der Waals surface area contributed by atoms with Gasteiger partial charge in [-0.05, 0) is 55.3 Å². The summed E-state index contributed by atoms with van der Waals surface area (Å²) < 4.78 is 16.4. The van der Waals surface area contributed by atoms with Crippen LogP contribution in [0.2, 0.25) is 0 Å². The summed E-state index contributed by atoms with van der Waals surface area (Å²) in [5.74, 6) is 1.70. The van der Waals surface area contributed by atoms with Crippen LogP contribution in [0.25, 0.3) is 10.9 Å². The molecule has 8 nitrogen and oxygen atoms in total. The van der Waals surface area contributed by atoms with Crippen molar-refractivity contribution in [2.45, 2.75) is 31.8 Å². The number of methoxy groups -OCH3 is 1. The number of rotatable bonds is 4. The van der Waals surface area contributed by atoms with Gasteiger partial charge in [-0.1, -0.05) is 6.07 Å². The number of aromatic nitrogens is 2. The van der Waals surface area contributed by atoms with Gasteiger partial charge in [0.05, 0.1) is 43.3 Å². The topological polar surface area (TPSA) is 93.8 Å². The van der Waals surface area contributed by atoms with Crippen LogP contribution in [0.15, 0.2) is 41.2 Å². The SMILES string of the molecule is COC(=O)c1ccc2c(=O)[nH]c(CN3CCCC3c3ccc4c(c3)OCCCO4)nc2c1. The van der Waals surface area contributed by atoms with Crippen molar-refractivity contribution in [3.05, 3.63) is 63.7 Å². The van der Waals surface area contributed by atoms with E-state index in [0.29, 0.717) is 42.0 Å². The number of aromatic amines is 1. The van der Waals surface area contributed by atoms with Crippen LogP contribution >= 0.6 is 0 Å². The van der Waals surface area contributed by atoms with E-state index in [9.17, 15) is 9.59 Å². The molecular formula is C24H25N3O5. The summed E-state index contributed by atoms with van der Waals surface area (Å²) in [6.07, 6.45) is 2.95. The second-order valence-corrected chi connectivity index (χ2v) is 8.12. The van der Waals surface area contributed by atoms with Crippen molar-refractivity contribution in [1.82, 2.24) is 14.9 Å². The number of likely N-dealkylation sites (tertiary alicyclic amines) is 1. The molecule has 0 aliphatic carbocycles. The van der Waals surface area contributed by atoms with Crippen molar-refractivity contribution in [1.29, 1.82) is 0 Å². The van der Waals surface area contributed by atoms with E-state index in [1.807, 2.05) is 6.07 Å². The Hall–Kier alpha value is -3.39.